The molecule has 0 saturated heterocycles. The number of esters is 3. The minimum absolute atomic E-state index is 0.0604. The van der Waals surface area contributed by atoms with Gasteiger partial charge in [-0.2, -0.15) is 0 Å². The van der Waals surface area contributed by atoms with Gasteiger partial charge < -0.3 is 14.2 Å². The summed E-state index contributed by atoms with van der Waals surface area (Å²) in [5, 5.41) is 0. The van der Waals surface area contributed by atoms with Crippen molar-refractivity contribution >= 4 is 17.9 Å². The third-order valence-electron chi connectivity index (χ3n) is 8.17. The minimum atomic E-state index is -0.608. The number of ether oxygens (including phenoxy) is 3. The van der Waals surface area contributed by atoms with Gasteiger partial charge in [-0.3, -0.25) is 0 Å². The van der Waals surface area contributed by atoms with E-state index in [1.165, 1.54) is 76.0 Å². The Balaban J connectivity index is 2.66. The van der Waals surface area contributed by atoms with Crippen molar-refractivity contribution in [3.05, 3.63) is 34.9 Å². The molecule has 0 spiro atoms. The molecule has 0 aliphatic carbocycles. The maximum absolute atomic E-state index is 13.1. The summed E-state index contributed by atoms with van der Waals surface area (Å²) in [7, 11) is 0. The summed E-state index contributed by atoms with van der Waals surface area (Å²) in [6.45, 7) is 14.4. The molecule has 1 rings (SSSR count). The summed E-state index contributed by atoms with van der Waals surface area (Å²) < 4.78 is 16.6. The van der Waals surface area contributed by atoms with Crippen LogP contribution in [-0.2, 0) is 14.2 Å². The molecule has 0 atom stereocenters. The largest absolute Gasteiger partial charge is 0.462 e. The van der Waals surface area contributed by atoms with E-state index in [4.69, 9.17) is 14.2 Å². The summed E-state index contributed by atoms with van der Waals surface area (Å²) >= 11 is 0. The molecular weight excluding hydrogens is 564 g/mol. The Morgan fingerprint density at radius 2 is 0.778 bits per heavy atom. The lowest BCUT2D eigenvalue weighted by molar-refractivity contribution is 0.0447. The molecule has 258 valence electrons. The second-order valence-electron chi connectivity index (χ2n) is 14.0. The maximum Gasteiger partial charge on any atom is 0.339 e. The molecule has 0 bridgehead atoms. The first kappa shape index (κ1) is 40.7. The molecule has 0 heterocycles. The first-order valence-electron chi connectivity index (χ1n) is 18.3. The summed E-state index contributed by atoms with van der Waals surface area (Å²) in [5.41, 5.74) is 0.427. The molecule has 6 nitrogen and oxygen atoms in total. The van der Waals surface area contributed by atoms with Crippen LogP contribution in [0.2, 0.25) is 0 Å². The van der Waals surface area contributed by atoms with Crippen LogP contribution in [0.25, 0.3) is 0 Å². The van der Waals surface area contributed by atoms with Crippen LogP contribution in [0.4, 0.5) is 0 Å². The topological polar surface area (TPSA) is 78.9 Å². The van der Waals surface area contributed by atoms with Crippen LogP contribution >= 0.6 is 0 Å². The molecule has 0 amide bonds. The second-order valence-corrected chi connectivity index (χ2v) is 14.0. The average molecular weight is 631 g/mol. The molecule has 0 N–H and O–H groups in total. The highest BCUT2D eigenvalue weighted by Gasteiger charge is 2.22. The van der Waals surface area contributed by atoms with Gasteiger partial charge in [0.25, 0.3) is 0 Å². The van der Waals surface area contributed by atoms with E-state index in [1.807, 2.05) is 0 Å². The van der Waals surface area contributed by atoms with Crippen LogP contribution in [-0.4, -0.2) is 37.7 Å². The number of rotatable bonds is 27. The third kappa shape index (κ3) is 21.1. The lowest BCUT2D eigenvalue weighted by atomic mass is 10.0. The Hall–Kier alpha value is -2.37. The van der Waals surface area contributed by atoms with Gasteiger partial charge in [0.1, 0.15) is 0 Å². The number of hydrogen-bond acceptors (Lipinski definition) is 6. The lowest BCUT2D eigenvalue weighted by Crippen LogP contribution is -2.17. The molecular formula is C39H66O6. The van der Waals surface area contributed by atoms with Gasteiger partial charge in [0, 0.05) is 0 Å². The molecule has 0 aromatic heterocycles. The van der Waals surface area contributed by atoms with Gasteiger partial charge >= 0.3 is 17.9 Å². The van der Waals surface area contributed by atoms with Crippen molar-refractivity contribution in [3.63, 3.8) is 0 Å². The van der Waals surface area contributed by atoms with Gasteiger partial charge in [-0.15, -0.1) is 0 Å². The summed E-state index contributed by atoms with van der Waals surface area (Å²) in [6, 6.07) is 4.45. The normalized spacial score (nSPS) is 11.4. The summed E-state index contributed by atoms with van der Waals surface area (Å²) in [4.78, 5) is 38.9. The van der Waals surface area contributed by atoms with Crippen LogP contribution in [0.5, 0.6) is 0 Å². The monoisotopic (exact) mass is 630 g/mol. The Morgan fingerprint density at radius 1 is 0.444 bits per heavy atom. The highest BCUT2D eigenvalue weighted by atomic mass is 16.5. The Labute approximate surface area is 275 Å². The molecule has 0 radical (unpaired) electrons. The zero-order valence-electron chi connectivity index (χ0n) is 29.8. The fourth-order valence-electron chi connectivity index (χ4n) is 5.31. The quantitative estimate of drug-likeness (QED) is 0.0546. The number of hydrogen-bond donors (Lipinski definition) is 0. The van der Waals surface area contributed by atoms with Crippen molar-refractivity contribution in [3.8, 4) is 0 Å². The molecule has 0 aliphatic rings. The number of carbonyl (C=O) groups excluding carboxylic acids is 3. The zero-order chi connectivity index (χ0) is 33.3. The number of carbonyl (C=O) groups is 3. The van der Waals surface area contributed by atoms with E-state index in [0.717, 1.165) is 75.5 Å². The molecule has 0 aliphatic heterocycles. The lowest BCUT2D eigenvalue weighted by Gasteiger charge is -2.12. The van der Waals surface area contributed by atoms with Crippen molar-refractivity contribution < 1.29 is 28.6 Å². The highest BCUT2D eigenvalue weighted by molar-refractivity contribution is 6.05. The molecule has 1 aromatic rings. The fourth-order valence-corrected chi connectivity index (χ4v) is 5.31. The number of benzene rings is 1. The first-order valence-corrected chi connectivity index (χ1v) is 18.3. The Bertz CT molecular complexity index is 935. The molecule has 6 heteroatoms. The highest BCUT2D eigenvalue weighted by Crippen LogP contribution is 2.18. The smallest absolute Gasteiger partial charge is 0.339 e. The Kier molecular flexibility index (Phi) is 23.3. The molecule has 0 saturated carbocycles. The Morgan fingerprint density at radius 3 is 1.18 bits per heavy atom. The van der Waals surface area contributed by atoms with Crippen LogP contribution < -0.4 is 0 Å². The van der Waals surface area contributed by atoms with E-state index in [-0.39, 0.29) is 23.3 Å². The van der Waals surface area contributed by atoms with Crippen LogP contribution in [0, 0.1) is 17.8 Å². The van der Waals surface area contributed by atoms with E-state index in [9.17, 15) is 14.4 Å². The van der Waals surface area contributed by atoms with Gasteiger partial charge in [-0.05, 0) is 55.2 Å². The number of unbranched alkanes of at least 4 members (excludes halogenated alkanes) is 12. The van der Waals surface area contributed by atoms with Gasteiger partial charge in [0.15, 0.2) is 0 Å². The molecule has 45 heavy (non-hydrogen) atoms. The fraction of sp³-hybridized carbons (Fsp3) is 0.769. The van der Waals surface area contributed by atoms with E-state index >= 15 is 0 Å². The van der Waals surface area contributed by atoms with Crippen LogP contribution in [0.15, 0.2) is 18.2 Å². The van der Waals surface area contributed by atoms with E-state index < -0.39 is 17.9 Å². The van der Waals surface area contributed by atoms with Gasteiger partial charge in [-0.1, -0.05) is 138 Å². The van der Waals surface area contributed by atoms with Crippen LogP contribution in [0.3, 0.4) is 0 Å². The van der Waals surface area contributed by atoms with E-state index in [2.05, 4.69) is 41.5 Å². The van der Waals surface area contributed by atoms with Gasteiger partial charge in [0.05, 0.1) is 36.5 Å². The third-order valence-corrected chi connectivity index (χ3v) is 8.17. The zero-order valence-corrected chi connectivity index (χ0v) is 29.8. The average Bonchev–Trinajstić information content (AvgIpc) is 2.99. The molecule has 0 fully saturated rings. The van der Waals surface area contributed by atoms with E-state index in [0.29, 0.717) is 13.2 Å². The van der Waals surface area contributed by atoms with Crippen molar-refractivity contribution in [2.24, 2.45) is 17.8 Å². The minimum Gasteiger partial charge on any atom is -0.462 e. The molecule has 1 aromatic carbocycles. The molecule has 0 unspecified atom stereocenters. The predicted molar refractivity (Wildman–Crippen MR) is 185 cm³/mol. The van der Waals surface area contributed by atoms with Crippen molar-refractivity contribution in [2.75, 3.05) is 19.8 Å². The van der Waals surface area contributed by atoms with Gasteiger partial charge in [0.2, 0.25) is 0 Å². The van der Waals surface area contributed by atoms with Crippen molar-refractivity contribution in [1.82, 2.24) is 0 Å². The van der Waals surface area contributed by atoms with Crippen molar-refractivity contribution in [2.45, 2.75) is 157 Å². The van der Waals surface area contributed by atoms with Gasteiger partial charge in [-0.25, -0.2) is 14.4 Å². The summed E-state index contributed by atoms with van der Waals surface area (Å²) in [5.74, 6) is 0.521. The van der Waals surface area contributed by atoms with Crippen molar-refractivity contribution in [1.29, 1.82) is 0 Å². The standard InChI is InChI=1S/C39H66O6/c1-31(2)22-16-10-7-13-19-27-43-37(40)34-25-26-35(38(41)44-28-20-14-8-11-17-23-32(3)4)36(30-34)39(42)45-29-21-15-9-12-18-24-33(5)6/h25-26,30-33H,7-24,27-29H2,1-6H3. The second kappa shape index (κ2) is 25.8. The first-order chi connectivity index (χ1) is 21.6. The summed E-state index contributed by atoms with van der Waals surface area (Å²) in [6.07, 6.45) is 19.7. The SMILES string of the molecule is CC(C)CCCCCCCOC(=O)c1ccc(C(=O)OCCCCCCCC(C)C)c(C(=O)OCCCCCCCC(C)C)c1. The van der Waals surface area contributed by atoms with Crippen LogP contribution in [0.1, 0.15) is 188 Å². The predicted octanol–water partition coefficient (Wildman–Crippen LogP) is 11.1. The maximum atomic E-state index is 13.1. The van der Waals surface area contributed by atoms with E-state index in [1.54, 1.807) is 0 Å².